The first kappa shape index (κ1) is 13.6. The summed E-state index contributed by atoms with van der Waals surface area (Å²) in [6, 6.07) is 5.11. The van der Waals surface area contributed by atoms with E-state index in [1.54, 1.807) is 6.07 Å². The van der Waals surface area contributed by atoms with Crippen molar-refractivity contribution in [3.8, 4) is 0 Å². The van der Waals surface area contributed by atoms with Gasteiger partial charge in [0.05, 0.1) is 4.47 Å². The molecule has 0 spiro atoms. The van der Waals surface area contributed by atoms with Gasteiger partial charge in [-0.1, -0.05) is 6.07 Å². The Balaban J connectivity index is 2.24. The van der Waals surface area contributed by atoms with Crippen LogP contribution in [-0.2, 0) is 6.54 Å². The quantitative estimate of drug-likeness (QED) is 0.810. The minimum atomic E-state index is -0.212. The molecule has 1 N–H and O–H groups in total. The van der Waals surface area contributed by atoms with Gasteiger partial charge in [-0.05, 0) is 67.2 Å². The average molecular weight is 289 g/mol. The van der Waals surface area contributed by atoms with Crippen LogP contribution in [0.4, 0.5) is 4.39 Å². The van der Waals surface area contributed by atoms with E-state index >= 15 is 0 Å². The summed E-state index contributed by atoms with van der Waals surface area (Å²) < 4.78 is 13.5. The highest BCUT2D eigenvalue weighted by molar-refractivity contribution is 9.10. The van der Waals surface area contributed by atoms with E-state index in [4.69, 9.17) is 0 Å². The monoisotopic (exact) mass is 288 g/mol. The smallest absolute Gasteiger partial charge is 0.137 e. The van der Waals surface area contributed by atoms with Crippen LogP contribution in [0.15, 0.2) is 22.7 Å². The molecular weight excluding hydrogens is 271 g/mol. The zero-order chi connectivity index (χ0) is 12.0. The molecule has 2 nitrogen and oxygen atoms in total. The maximum atomic E-state index is 13.0. The summed E-state index contributed by atoms with van der Waals surface area (Å²) in [7, 11) is 4.13. The molecule has 0 unspecified atom stereocenters. The van der Waals surface area contributed by atoms with Crippen molar-refractivity contribution in [2.24, 2.45) is 0 Å². The van der Waals surface area contributed by atoms with E-state index in [-0.39, 0.29) is 5.82 Å². The van der Waals surface area contributed by atoms with Gasteiger partial charge in [0.15, 0.2) is 0 Å². The van der Waals surface area contributed by atoms with E-state index in [0.717, 1.165) is 31.6 Å². The lowest BCUT2D eigenvalue weighted by Crippen LogP contribution is -2.21. The van der Waals surface area contributed by atoms with E-state index in [9.17, 15) is 4.39 Å². The minimum Gasteiger partial charge on any atom is -0.313 e. The van der Waals surface area contributed by atoms with Crippen LogP contribution in [-0.4, -0.2) is 32.1 Å². The van der Waals surface area contributed by atoms with Gasteiger partial charge in [-0.15, -0.1) is 0 Å². The summed E-state index contributed by atoms with van der Waals surface area (Å²) in [5.74, 6) is -0.212. The van der Waals surface area contributed by atoms with Gasteiger partial charge in [0.1, 0.15) is 5.82 Å². The number of hydrogen-bond acceptors (Lipinski definition) is 2. The number of nitrogens with zero attached hydrogens (tertiary/aromatic N) is 1. The second-order valence-corrected chi connectivity index (χ2v) is 4.94. The third-order valence-corrected chi connectivity index (χ3v) is 2.88. The Morgan fingerprint density at radius 1 is 1.38 bits per heavy atom. The Bertz CT molecular complexity index is 329. The van der Waals surface area contributed by atoms with Crippen molar-refractivity contribution in [2.75, 3.05) is 27.2 Å². The number of benzene rings is 1. The van der Waals surface area contributed by atoms with Crippen LogP contribution in [0.2, 0.25) is 0 Å². The molecule has 0 aromatic heterocycles. The van der Waals surface area contributed by atoms with Crippen molar-refractivity contribution in [1.29, 1.82) is 0 Å². The van der Waals surface area contributed by atoms with Gasteiger partial charge in [-0.2, -0.15) is 0 Å². The molecular formula is C12H18BrFN2. The molecule has 4 heteroatoms. The molecule has 1 rings (SSSR count). The maximum Gasteiger partial charge on any atom is 0.137 e. The van der Waals surface area contributed by atoms with Crippen molar-refractivity contribution in [1.82, 2.24) is 10.2 Å². The van der Waals surface area contributed by atoms with E-state index in [1.165, 1.54) is 6.07 Å². The predicted octanol–water partition coefficient (Wildman–Crippen LogP) is 2.63. The molecule has 0 aliphatic carbocycles. The SMILES string of the molecule is CN(C)CCCNCc1ccc(F)c(Br)c1. The maximum absolute atomic E-state index is 13.0. The third kappa shape index (κ3) is 5.05. The highest BCUT2D eigenvalue weighted by Gasteiger charge is 1.99. The predicted molar refractivity (Wildman–Crippen MR) is 69.0 cm³/mol. The summed E-state index contributed by atoms with van der Waals surface area (Å²) >= 11 is 3.18. The van der Waals surface area contributed by atoms with Crippen LogP contribution in [0, 0.1) is 5.82 Å². The average Bonchev–Trinajstić information content (AvgIpc) is 2.22. The molecule has 0 saturated carbocycles. The van der Waals surface area contributed by atoms with Gasteiger partial charge >= 0.3 is 0 Å². The largest absolute Gasteiger partial charge is 0.313 e. The van der Waals surface area contributed by atoms with E-state index in [1.807, 2.05) is 6.07 Å². The molecule has 0 heterocycles. The summed E-state index contributed by atoms with van der Waals surface area (Å²) in [5.41, 5.74) is 1.10. The van der Waals surface area contributed by atoms with Crippen LogP contribution in [0.3, 0.4) is 0 Å². The van der Waals surface area contributed by atoms with Gasteiger partial charge in [-0.3, -0.25) is 0 Å². The first-order chi connectivity index (χ1) is 7.59. The van der Waals surface area contributed by atoms with Gasteiger partial charge in [0, 0.05) is 6.54 Å². The molecule has 0 amide bonds. The standard InChI is InChI=1S/C12H18BrFN2/c1-16(2)7-3-6-15-9-10-4-5-12(14)11(13)8-10/h4-5,8,15H,3,6-7,9H2,1-2H3. The summed E-state index contributed by atoms with van der Waals surface area (Å²) in [4.78, 5) is 2.16. The van der Waals surface area contributed by atoms with Crippen LogP contribution in [0.1, 0.15) is 12.0 Å². The number of hydrogen-bond donors (Lipinski definition) is 1. The highest BCUT2D eigenvalue weighted by Crippen LogP contribution is 2.16. The van der Waals surface area contributed by atoms with Crippen LogP contribution >= 0.6 is 15.9 Å². The second kappa shape index (κ2) is 6.99. The molecule has 0 aliphatic rings. The van der Waals surface area contributed by atoms with Crippen LogP contribution in [0.5, 0.6) is 0 Å². The lowest BCUT2D eigenvalue weighted by Gasteiger charge is -2.10. The van der Waals surface area contributed by atoms with Crippen LogP contribution in [0.25, 0.3) is 0 Å². The zero-order valence-electron chi connectivity index (χ0n) is 9.76. The van der Waals surface area contributed by atoms with E-state index in [0.29, 0.717) is 4.47 Å². The summed E-state index contributed by atoms with van der Waals surface area (Å²) in [5, 5.41) is 3.33. The number of nitrogens with one attached hydrogen (secondary N) is 1. The van der Waals surface area contributed by atoms with Crippen molar-refractivity contribution < 1.29 is 4.39 Å². The molecule has 16 heavy (non-hydrogen) atoms. The molecule has 0 aliphatic heterocycles. The Kier molecular flexibility index (Phi) is 5.95. The molecule has 1 aromatic rings. The fourth-order valence-corrected chi connectivity index (χ4v) is 1.83. The van der Waals surface area contributed by atoms with Crippen LogP contribution < -0.4 is 5.32 Å². The lowest BCUT2D eigenvalue weighted by molar-refractivity contribution is 0.394. The molecule has 0 bridgehead atoms. The topological polar surface area (TPSA) is 15.3 Å². The Morgan fingerprint density at radius 3 is 2.75 bits per heavy atom. The van der Waals surface area contributed by atoms with E-state index < -0.39 is 0 Å². The van der Waals surface area contributed by atoms with Crippen molar-refractivity contribution in [2.45, 2.75) is 13.0 Å². The number of halogens is 2. The Morgan fingerprint density at radius 2 is 2.12 bits per heavy atom. The number of rotatable bonds is 6. The molecule has 0 saturated heterocycles. The van der Waals surface area contributed by atoms with Gasteiger partial charge < -0.3 is 10.2 Å². The molecule has 0 radical (unpaired) electrons. The zero-order valence-corrected chi connectivity index (χ0v) is 11.3. The Labute approximate surface area is 105 Å². The third-order valence-electron chi connectivity index (χ3n) is 2.27. The summed E-state index contributed by atoms with van der Waals surface area (Å²) in [6.07, 6.45) is 1.12. The molecule has 0 atom stereocenters. The van der Waals surface area contributed by atoms with Crippen molar-refractivity contribution >= 4 is 15.9 Å². The fourth-order valence-electron chi connectivity index (χ4n) is 1.40. The minimum absolute atomic E-state index is 0.212. The van der Waals surface area contributed by atoms with Gasteiger partial charge in [0.25, 0.3) is 0 Å². The molecule has 1 aromatic carbocycles. The second-order valence-electron chi connectivity index (χ2n) is 4.08. The lowest BCUT2D eigenvalue weighted by atomic mass is 10.2. The molecule has 90 valence electrons. The van der Waals surface area contributed by atoms with Gasteiger partial charge in [-0.25, -0.2) is 4.39 Å². The normalized spacial score (nSPS) is 11.1. The van der Waals surface area contributed by atoms with Crippen molar-refractivity contribution in [3.63, 3.8) is 0 Å². The summed E-state index contributed by atoms with van der Waals surface area (Å²) in [6.45, 7) is 2.85. The van der Waals surface area contributed by atoms with Gasteiger partial charge in [0.2, 0.25) is 0 Å². The highest BCUT2D eigenvalue weighted by atomic mass is 79.9. The molecule has 0 fully saturated rings. The van der Waals surface area contributed by atoms with E-state index in [2.05, 4.69) is 40.2 Å². The Hall–Kier alpha value is -0.450. The van der Waals surface area contributed by atoms with Crippen molar-refractivity contribution in [3.05, 3.63) is 34.1 Å². The first-order valence-electron chi connectivity index (χ1n) is 5.39. The fraction of sp³-hybridized carbons (Fsp3) is 0.500. The first-order valence-corrected chi connectivity index (χ1v) is 6.18.